The Morgan fingerprint density at radius 2 is 2.07 bits per heavy atom. The van der Waals surface area contributed by atoms with Crippen molar-refractivity contribution < 1.29 is 9.13 Å². The minimum absolute atomic E-state index is 0.0529. The van der Waals surface area contributed by atoms with Gasteiger partial charge in [0.15, 0.2) is 0 Å². The van der Waals surface area contributed by atoms with Crippen LogP contribution in [0.3, 0.4) is 0 Å². The number of alkyl halides is 1. The normalized spacial score (nSPS) is 27.9. The van der Waals surface area contributed by atoms with E-state index >= 15 is 0 Å². The van der Waals surface area contributed by atoms with Crippen LogP contribution in [0.2, 0.25) is 0 Å². The number of hydrogen-bond donors (Lipinski definition) is 0. The summed E-state index contributed by atoms with van der Waals surface area (Å²) in [6.45, 7) is 2.91. The summed E-state index contributed by atoms with van der Waals surface area (Å²) >= 11 is 6.31. The van der Waals surface area contributed by atoms with Crippen LogP contribution >= 0.6 is 11.6 Å². The highest BCUT2D eigenvalue weighted by molar-refractivity contribution is 6.21. The maximum atomic E-state index is 12.7. The maximum Gasteiger partial charge on any atom is 0.123 e. The second-order valence-corrected chi connectivity index (χ2v) is 4.52. The van der Waals surface area contributed by atoms with Gasteiger partial charge >= 0.3 is 0 Å². The summed E-state index contributed by atoms with van der Waals surface area (Å²) in [5, 5.41) is -0.178. The maximum absolute atomic E-state index is 12.7. The fourth-order valence-corrected chi connectivity index (χ4v) is 2.39. The third kappa shape index (κ3) is 2.32. The zero-order valence-corrected chi connectivity index (χ0v) is 9.38. The third-order valence-corrected chi connectivity index (χ3v) is 3.42. The highest BCUT2D eigenvalue weighted by Crippen LogP contribution is 2.35. The van der Waals surface area contributed by atoms with Crippen molar-refractivity contribution in [3.05, 3.63) is 35.6 Å². The Morgan fingerprint density at radius 1 is 1.40 bits per heavy atom. The summed E-state index contributed by atoms with van der Waals surface area (Å²) in [5.41, 5.74) is 0.928. The van der Waals surface area contributed by atoms with Gasteiger partial charge in [-0.2, -0.15) is 0 Å². The molecule has 0 aliphatic carbocycles. The van der Waals surface area contributed by atoms with E-state index in [0.29, 0.717) is 5.92 Å². The number of halogens is 2. The number of rotatable bonds is 2. The van der Waals surface area contributed by atoms with Crippen molar-refractivity contribution in [2.24, 2.45) is 5.92 Å². The first-order valence-electron chi connectivity index (χ1n) is 5.19. The van der Waals surface area contributed by atoms with Crippen LogP contribution in [0.5, 0.6) is 0 Å². The molecule has 1 aromatic carbocycles. The summed E-state index contributed by atoms with van der Waals surface area (Å²) in [4.78, 5) is 0. The van der Waals surface area contributed by atoms with Crippen molar-refractivity contribution in [2.45, 2.75) is 24.8 Å². The lowest BCUT2D eigenvalue weighted by Gasteiger charge is -2.20. The largest absolute Gasteiger partial charge is 0.376 e. The van der Waals surface area contributed by atoms with E-state index in [-0.39, 0.29) is 17.3 Å². The lowest BCUT2D eigenvalue weighted by molar-refractivity contribution is 0.0903. The standard InChI is InChI=1S/C12H14ClFO/c1-8-6-7-15-12(8)11(13)9-2-4-10(14)5-3-9/h2-5,8,11-12H,6-7H2,1H3. The van der Waals surface area contributed by atoms with Crippen LogP contribution < -0.4 is 0 Å². The summed E-state index contributed by atoms with van der Waals surface area (Å²) in [7, 11) is 0. The van der Waals surface area contributed by atoms with E-state index in [1.54, 1.807) is 12.1 Å². The lowest BCUT2D eigenvalue weighted by atomic mass is 9.97. The van der Waals surface area contributed by atoms with E-state index in [0.717, 1.165) is 18.6 Å². The van der Waals surface area contributed by atoms with Gasteiger partial charge in [-0.05, 0) is 30.0 Å². The van der Waals surface area contributed by atoms with Gasteiger partial charge in [-0.25, -0.2) is 4.39 Å². The molecule has 1 aliphatic rings. The monoisotopic (exact) mass is 228 g/mol. The Hall–Kier alpha value is -0.600. The second kappa shape index (κ2) is 4.50. The molecule has 1 aromatic rings. The molecule has 0 saturated carbocycles. The fraction of sp³-hybridized carbons (Fsp3) is 0.500. The molecule has 1 aliphatic heterocycles. The van der Waals surface area contributed by atoms with Crippen molar-refractivity contribution in [2.75, 3.05) is 6.61 Å². The second-order valence-electron chi connectivity index (χ2n) is 4.05. The molecule has 1 fully saturated rings. The predicted molar refractivity (Wildman–Crippen MR) is 58.5 cm³/mol. The van der Waals surface area contributed by atoms with Gasteiger partial charge in [0.2, 0.25) is 0 Å². The minimum atomic E-state index is -0.233. The van der Waals surface area contributed by atoms with Crippen LogP contribution in [0.4, 0.5) is 4.39 Å². The molecule has 3 unspecified atom stereocenters. The van der Waals surface area contributed by atoms with Crippen LogP contribution in [0, 0.1) is 11.7 Å². The molecule has 3 atom stereocenters. The first-order chi connectivity index (χ1) is 7.18. The van der Waals surface area contributed by atoms with Crippen LogP contribution in [0.1, 0.15) is 24.3 Å². The Kier molecular flexibility index (Phi) is 3.27. The van der Waals surface area contributed by atoms with Crippen molar-refractivity contribution in [3.8, 4) is 0 Å². The Balaban J connectivity index is 2.13. The minimum Gasteiger partial charge on any atom is -0.376 e. The molecule has 0 radical (unpaired) electrons. The number of ether oxygens (including phenoxy) is 1. The zero-order chi connectivity index (χ0) is 10.8. The summed E-state index contributed by atoms with van der Waals surface area (Å²) in [5.74, 6) is 0.237. The quantitative estimate of drug-likeness (QED) is 0.704. The molecule has 15 heavy (non-hydrogen) atoms. The third-order valence-electron chi connectivity index (χ3n) is 2.92. The molecule has 82 valence electrons. The molecule has 1 saturated heterocycles. The first kappa shape index (κ1) is 10.9. The van der Waals surface area contributed by atoms with Crippen LogP contribution in [0.15, 0.2) is 24.3 Å². The number of hydrogen-bond acceptors (Lipinski definition) is 1. The van der Waals surface area contributed by atoms with E-state index in [2.05, 4.69) is 6.92 Å². The van der Waals surface area contributed by atoms with E-state index in [1.165, 1.54) is 12.1 Å². The topological polar surface area (TPSA) is 9.23 Å². The average molecular weight is 229 g/mol. The van der Waals surface area contributed by atoms with Crippen molar-refractivity contribution in [1.82, 2.24) is 0 Å². The van der Waals surface area contributed by atoms with E-state index in [4.69, 9.17) is 16.3 Å². The van der Waals surface area contributed by atoms with Gasteiger partial charge in [0.25, 0.3) is 0 Å². The Morgan fingerprint density at radius 3 is 2.60 bits per heavy atom. The van der Waals surface area contributed by atoms with Gasteiger partial charge in [-0.15, -0.1) is 11.6 Å². The average Bonchev–Trinajstić information content (AvgIpc) is 2.65. The van der Waals surface area contributed by atoms with Gasteiger partial charge in [0.1, 0.15) is 5.82 Å². The van der Waals surface area contributed by atoms with Crippen LogP contribution in [0.25, 0.3) is 0 Å². The molecule has 0 spiro atoms. The smallest absolute Gasteiger partial charge is 0.123 e. The molecular formula is C12H14ClFO. The zero-order valence-electron chi connectivity index (χ0n) is 8.62. The van der Waals surface area contributed by atoms with E-state index in [9.17, 15) is 4.39 Å². The molecule has 0 bridgehead atoms. The highest BCUT2D eigenvalue weighted by atomic mass is 35.5. The highest BCUT2D eigenvalue weighted by Gasteiger charge is 2.31. The lowest BCUT2D eigenvalue weighted by Crippen LogP contribution is -2.19. The van der Waals surface area contributed by atoms with Crippen molar-refractivity contribution in [3.63, 3.8) is 0 Å². The summed E-state index contributed by atoms with van der Waals surface area (Å²) in [6.07, 6.45) is 1.10. The Labute approximate surface area is 94.2 Å². The first-order valence-corrected chi connectivity index (χ1v) is 5.63. The van der Waals surface area contributed by atoms with E-state index in [1.807, 2.05) is 0 Å². The van der Waals surface area contributed by atoms with Gasteiger partial charge in [-0.1, -0.05) is 19.1 Å². The Bertz CT molecular complexity index is 325. The van der Waals surface area contributed by atoms with Crippen LogP contribution in [-0.2, 0) is 4.74 Å². The summed E-state index contributed by atoms with van der Waals surface area (Å²) < 4.78 is 18.3. The van der Waals surface area contributed by atoms with Gasteiger partial charge in [0.05, 0.1) is 11.5 Å². The molecule has 0 amide bonds. The molecule has 1 heterocycles. The summed E-state index contributed by atoms with van der Waals surface area (Å²) in [6, 6.07) is 6.32. The van der Waals surface area contributed by atoms with Gasteiger partial charge in [-0.3, -0.25) is 0 Å². The van der Waals surface area contributed by atoms with Crippen molar-refractivity contribution in [1.29, 1.82) is 0 Å². The fourth-order valence-electron chi connectivity index (χ4n) is 1.93. The number of benzene rings is 1. The molecule has 1 nitrogen and oxygen atoms in total. The van der Waals surface area contributed by atoms with Gasteiger partial charge in [0, 0.05) is 6.61 Å². The predicted octanol–water partition coefficient (Wildman–Crippen LogP) is 3.53. The van der Waals surface area contributed by atoms with Gasteiger partial charge < -0.3 is 4.74 Å². The van der Waals surface area contributed by atoms with Crippen molar-refractivity contribution >= 4 is 11.6 Å². The van der Waals surface area contributed by atoms with E-state index < -0.39 is 0 Å². The SMILES string of the molecule is CC1CCOC1C(Cl)c1ccc(F)cc1. The van der Waals surface area contributed by atoms with Crippen LogP contribution in [-0.4, -0.2) is 12.7 Å². The molecule has 0 aromatic heterocycles. The molecule has 3 heteroatoms. The molecule has 2 rings (SSSR count). The molecular weight excluding hydrogens is 215 g/mol. The molecule has 0 N–H and O–H groups in total.